The van der Waals surface area contributed by atoms with Gasteiger partial charge in [-0.25, -0.2) is 9.37 Å². The lowest BCUT2D eigenvalue weighted by Crippen LogP contribution is -2.50. The Hall–Kier alpha value is -2.21. The molecule has 6 heteroatoms. The van der Waals surface area contributed by atoms with Crippen molar-refractivity contribution in [3.05, 3.63) is 58.0 Å². The minimum atomic E-state index is -0.138. The molecule has 4 rings (SSSR count). The number of aromatic amines is 1. The number of halogens is 1. The van der Waals surface area contributed by atoms with E-state index in [-0.39, 0.29) is 11.4 Å². The molecule has 0 radical (unpaired) electrons. The average molecular weight is 356 g/mol. The molecule has 0 spiro atoms. The number of anilines is 1. The van der Waals surface area contributed by atoms with E-state index in [9.17, 15) is 9.18 Å². The number of hydrogen-bond donors (Lipinski definition) is 2. The fourth-order valence-electron chi connectivity index (χ4n) is 4.14. The summed E-state index contributed by atoms with van der Waals surface area (Å²) in [5.41, 5.74) is 1.56. The summed E-state index contributed by atoms with van der Waals surface area (Å²) in [7, 11) is 0. The van der Waals surface area contributed by atoms with Gasteiger partial charge in [0.05, 0.1) is 11.4 Å². The molecule has 0 bridgehead atoms. The van der Waals surface area contributed by atoms with E-state index in [4.69, 9.17) is 0 Å². The van der Waals surface area contributed by atoms with Crippen molar-refractivity contribution in [2.45, 2.75) is 50.6 Å². The highest BCUT2D eigenvalue weighted by atomic mass is 19.1. The zero-order valence-electron chi connectivity index (χ0n) is 15.0. The SMILES string of the molecule is Cc1nc(C2CC(NC3CCN(c4ccccc4F)CC3)C2)cc(=O)[nH]1. The summed E-state index contributed by atoms with van der Waals surface area (Å²) in [4.78, 5) is 20.9. The number of nitrogens with zero attached hydrogens (tertiary/aromatic N) is 2. The molecule has 1 aromatic carbocycles. The second kappa shape index (κ2) is 7.19. The number of nitrogens with one attached hydrogen (secondary N) is 2. The van der Waals surface area contributed by atoms with Gasteiger partial charge in [0.2, 0.25) is 0 Å². The van der Waals surface area contributed by atoms with Crippen molar-refractivity contribution in [2.75, 3.05) is 18.0 Å². The van der Waals surface area contributed by atoms with Crippen molar-refractivity contribution in [1.29, 1.82) is 0 Å². The van der Waals surface area contributed by atoms with Crippen molar-refractivity contribution in [3.63, 3.8) is 0 Å². The summed E-state index contributed by atoms with van der Waals surface area (Å²) in [6.07, 6.45) is 4.11. The van der Waals surface area contributed by atoms with Gasteiger partial charge >= 0.3 is 0 Å². The van der Waals surface area contributed by atoms with Gasteiger partial charge in [0.25, 0.3) is 5.56 Å². The van der Waals surface area contributed by atoms with E-state index < -0.39 is 0 Å². The maximum absolute atomic E-state index is 13.9. The third-order valence-corrected chi connectivity index (χ3v) is 5.60. The highest BCUT2D eigenvalue weighted by Crippen LogP contribution is 2.36. The zero-order chi connectivity index (χ0) is 18.1. The molecular weight excluding hydrogens is 331 g/mol. The van der Waals surface area contributed by atoms with E-state index in [1.54, 1.807) is 12.1 Å². The Balaban J connectivity index is 1.26. The van der Waals surface area contributed by atoms with Gasteiger partial charge in [-0.05, 0) is 44.7 Å². The molecule has 1 saturated carbocycles. The van der Waals surface area contributed by atoms with Crippen LogP contribution in [0.25, 0.3) is 0 Å². The van der Waals surface area contributed by atoms with Crippen molar-refractivity contribution >= 4 is 5.69 Å². The van der Waals surface area contributed by atoms with E-state index in [2.05, 4.69) is 20.2 Å². The zero-order valence-corrected chi connectivity index (χ0v) is 15.0. The molecule has 1 saturated heterocycles. The lowest BCUT2D eigenvalue weighted by molar-refractivity contribution is 0.244. The Labute approximate surface area is 152 Å². The van der Waals surface area contributed by atoms with Crippen LogP contribution in [0.1, 0.15) is 43.1 Å². The van der Waals surface area contributed by atoms with Crippen molar-refractivity contribution in [1.82, 2.24) is 15.3 Å². The van der Waals surface area contributed by atoms with Crippen LogP contribution in [0, 0.1) is 12.7 Å². The van der Waals surface area contributed by atoms with Gasteiger partial charge in [-0.2, -0.15) is 0 Å². The van der Waals surface area contributed by atoms with Crippen LogP contribution in [0.15, 0.2) is 35.1 Å². The minimum Gasteiger partial charge on any atom is -0.369 e. The fraction of sp³-hybridized carbons (Fsp3) is 0.500. The second-order valence-corrected chi connectivity index (χ2v) is 7.50. The van der Waals surface area contributed by atoms with Gasteiger partial charge in [0.15, 0.2) is 0 Å². The van der Waals surface area contributed by atoms with E-state index in [0.717, 1.165) is 44.5 Å². The van der Waals surface area contributed by atoms with E-state index in [1.165, 1.54) is 6.07 Å². The third-order valence-electron chi connectivity index (χ3n) is 5.60. The fourth-order valence-corrected chi connectivity index (χ4v) is 4.14. The van der Waals surface area contributed by atoms with Gasteiger partial charge in [0.1, 0.15) is 11.6 Å². The minimum absolute atomic E-state index is 0.0653. The average Bonchev–Trinajstić information content (AvgIpc) is 2.58. The van der Waals surface area contributed by atoms with Crippen molar-refractivity contribution in [2.24, 2.45) is 0 Å². The number of para-hydroxylation sites is 1. The molecule has 1 aliphatic carbocycles. The highest BCUT2D eigenvalue weighted by Gasteiger charge is 2.33. The van der Waals surface area contributed by atoms with Gasteiger partial charge < -0.3 is 15.2 Å². The molecule has 1 aromatic heterocycles. The van der Waals surface area contributed by atoms with Crippen molar-refractivity contribution < 1.29 is 4.39 Å². The van der Waals surface area contributed by atoms with Gasteiger partial charge in [-0.1, -0.05) is 12.1 Å². The van der Waals surface area contributed by atoms with Crippen LogP contribution in [0.3, 0.4) is 0 Å². The first-order chi connectivity index (χ1) is 12.6. The Morgan fingerprint density at radius 1 is 1.19 bits per heavy atom. The number of aromatic nitrogens is 2. The first-order valence-electron chi connectivity index (χ1n) is 9.42. The molecule has 1 aliphatic heterocycles. The number of piperidine rings is 1. The van der Waals surface area contributed by atoms with Crippen LogP contribution in [0.5, 0.6) is 0 Å². The number of hydrogen-bond acceptors (Lipinski definition) is 4. The Kier molecular flexibility index (Phi) is 4.76. The highest BCUT2D eigenvalue weighted by molar-refractivity contribution is 5.47. The lowest BCUT2D eigenvalue weighted by Gasteiger charge is -2.41. The number of benzene rings is 1. The van der Waals surface area contributed by atoms with Gasteiger partial charge in [-0.15, -0.1) is 0 Å². The largest absolute Gasteiger partial charge is 0.369 e. The first-order valence-corrected chi connectivity index (χ1v) is 9.42. The van der Waals surface area contributed by atoms with Gasteiger partial charge in [-0.3, -0.25) is 4.79 Å². The second-order valence-electron chi connectivity index (χ2n) is 7.50. The standard InChI is InChI=1S/C20H25FN4O/c1-13-22-18(12-20(26)23-13)14-10-16(11-14)24-15-6-8-25(9-7-15)19-5-3-2-4-17(19)21/h2-5,12,14-16,24H,6-11H2,1H3,(H,22,23,26). The summed E-state index contributed by atoms with van der Waals surface area (Å²) in [5, 5.41) is 3.74. The van der Waals surface area contributed by atoms with E-state index in [1.807, 2.05) is 19.1 Å². The summed E-state index contributed by atoms with van der Waals surface area (Å²) in [6, 6.07) is 9.61. The molecule has 0 amide bonds. The molecular formula is C20H25FN4O. The van der Waals surface area contributed by atoms with Crippen LogP contribution in [0.4, 0.5) is 10.1 Å². The number of H-pyrrole nitrogens is 1. The topological polar surface area (TPSA) is 61.0 Å². The molecule has 0 atom stereocenters. The predicted molar refractivity (Wildman–Crippen MR) is 100 cm³/mol. The van der Waals surface area contributed by atoms with Crippen LogP contribution in [0.2, 0.25) is 0 Å². The van der Waals surface area contributed by atoms with Gasteiger partial charge in [0, 0.05) is 37.2 Å². The van der Waals surface area contributed by atoms with E-state index >= 15 is 0 Å². The summed E-state index contributed by atoms with van der Waals surface area (Å²) in [5.74, 6) is 0.929. The molecule has 2 fully saturated rings. The normalized spacial score (nSPS) is 23.7. The molecule has 2 aliphatic rings. The Morgan fingerprint density at radius 3 is 2.62 bits per heavy atom. The van der Waals surface area contributed by atoms with Crippen LogP contribution >= 0.6 is 0 Å². The Bertz CT molecular complexity index is 823. The Morgan fingerprint density at radius 2 is 1.92 bits per heavy atom. The van der Waals surface area contributed by atoms with Crippen LogP contribution in [-0.4, -0.2) is 35.1 Å². The molecule has 26 heavy (non-hydrogen) atoms. The van der Waals surface area contributed by atoms with E-state index in [0.29, 0.717) is 29.5 Å². The molecule has 2 N–H and O–H groups in total. The molecule has 2 heterocycles. The lowest BCUT2D eigenvalue weighted by atomic mass is 9.77. The van der Waals surface area contributed by atoms with Crippen LogP contribution in [-0.2, 0) is 0 Å². The maximum Gasteiger partial charge on any atom is 0.251 e. The molecule has 0 unspecified atom stereocenters. The third kappa shape index (κ3) is 3.65. The predicted octanol–water partition coefficient (Wildman–Crippen LogP) is 2.72. The smallest absolute Gasteiger partial charge is 0.251 e. The molecule has 138 valence electrons. The summed E-state index contributed by atoms with van der Waals surface area (Å²) >= 11 is 0. The quantitative estimate of drug-likeness (QED) is 0.884. The first kappa shape index (κ1) is 17.2. The molecule has 5 nitrogen and oxygen atoms in total. The maximum atomic E-state index is 13.9. The summed E-state index contributed by atoms with van der Waals surface area (Å²) < 4.78 is 13.9. The molecule has 2 aromatic rings. The summed E-state index contributed by atoms with van der Waals surface area (Å²) in [6.45, 7) is 3.58. The number of aryl methyl sites for hydroxylation is 1. The van der Waals surface area contributed by atoms with Crippen molar-refractivity contribution in [3.8, 4) is 0 Å². The number of rotatable bonds is 4. The monoisotopic (exact) mass is 356 g/mol. The van der Waals surface area contributed by atoms with Crippen LogP contribution < -0.4 is 15.8 Å².